The second kappa shape index (κ2) is 14.5. The molecule has 0 aliphatic rings. The molecule has 0 atom stereocenters. The van der Waals surface area contributed by atoms with Gasteiger partial charge in [-0.3, -0.25) is 4.99 Å². The number of nitrogens with zero attached hydrogens (tertiary/aromatic N) is 1. The number of nitrogens with one attached hydrogen (secondary N) is 2. The third kappa shape index (κ3) is 9.94. The van der Waals surface area contributed by atoms with Gasteiger partial charge >= 0.3 is 0 Å². The molecule has 0 amide bonds. The highest BCUT2D eigenvalue weighted by atomic mass is 16.5. The van der Waals surface area contributed by atoms with Crippen LogP contribution >= 0.6 is 0 Å². The molecule has 0 unspecified atom stereocenters. The second-order valence-electron chi connectivity index (χ2n) is 5.56. The van der Waals surface area contributed by atoms with Crippen LogP contribution < -0.4 is 15.4 Å². The first-order chi connectivity index (χ1) is 12.3. The predicted octanol–water partition coefficient (Wildman–Crippen LogP) is 2.24. The number of aliphatic imine (C=N–C) groups is 1. The molecule has 6 nitrogen and oxygen atoms in total. The van der Waals surface area contributed by atoms with E-state index in [1.807, 2.05) is 18.2 Å². The van der Waals surface area contributed by atoms with Crippen LogP contribution in [-0.4, -0.2) is 59.6 Å². The Morgan fingerprint density at radius 3 is 2.64 bits per heavy atom. The number of guanidine groups is 1. The minimum Gasteiger partial charge on any atom is -0.496 e. The van der Waals surface area contributed by atoms with E-state index in [1.54, 1.807) is 14.2 Å². The molecule has 142 valence electrons. The summed E-state index contributed by atoms with van der Waals surface area (Å²) in [5.74, 6) is 1.79. The fourth-order valence-corrected chi connectivity index (χ4v) is 2.32. The molecule has 0 aliphatic carbocycles. The molecule has 0 aliphatic heterocycles. The lowest BCUT2D eigenvalue weighted by atomic mass is 10.1. The average Bonchev–Trinajstić information content (AvgIpc) is 2.64. The van der Waals surface area contributed by atoms with Crippen molar-refractivity contribution in [1.82, 2.24) is 10.6 Å². The fourth-order valence-electron chi connectivity index (χ4n) is 2.32. The summed E-state index contributed by atoms with van der Waals surface area (Å²) in [6, 6.07) is 8.10. The minimum absolute atomic E-state index is 0.652. The molecule has 0 heterocycles. The normalized spacial score (nSPS) is 11.4. The summed E-state index contributed by atoms with van der Waals surface area (Å²) in [5.41, 5.74) is 1.20. The van der Waals surface area contributed by atoms with Crippen LogP contribution in [-0.2, 0) is 15.9 Å². The number of unbranched alkanes of at least 4 members (excludes halogenated alkanes) is 1. The molecule has 0 saturated heterocycles. The summed E-state index contributed by atoms with van der Waals surface area (Å²) in [6.07, 6.45) is 2.91. The maximum atomic E-state index is 5.45. The van der Waals surface area contributed by atoms with Crippen molar-refractivity contribution in [2.45, 2.75) is 26.2 Å². The SMILES string of the molecule is CCNC(=NCCCCOCCOC)NCCc1ccccc1OC. The van der Waals surface area contributed by atoms with Crippen molar-refractivity contribution in [2.24, 2.45) is 4.99 Å². The van der Waals surface area contributed by atoms with E-state index in [2.05, 4.69) is 28.6 Å². The van der Waals surface area contributed by atoms with Gasteiger partial charge in [-0.1, -0.05) is 18.2 Å². The largest absolute Gasteiger partial charge is 0.496 e. The van der Waals surface area contributed by atoms with Gasteiger partial charge in [0.15, 0.2) is 5.96 Å². The molecule has 1 aromatic rings. The first-order valence-electron chi connectivity index (χ1n) is 9.02. The van der Waals surface area contributed by atoms with Gasteiger partial charge in [-0.05, 0) is 37.8 Å². The van der Waals surface area contributed by atoms with Crippen molar-refractivity contribution in [2.75, 3.05) is 53.7 Å². The first kappa shape index (κ1) is 21.3. The number of ether oxygens (including phenoxy) is 3. The Bertz CT molecular complexity index is 481. The minimum atomic E-state index is 0.652. The summed E-state index contributed by atoms with van der Waals surface area (Å²) >= 11 is 0. The van der Waals surface area contributed by atoms with E-state index < -0.39 is 0 Å². The van der Waals surface area contributed by atoms with Crippen LogP contribution in [0.3, 0.4) is 0 Å². The highest BCUT2D eigenvalue weighted by Gasteiger charge is 2.02. The van der Waals surface area contributed by atoms with Crippen LogP contribution in [0.2, 0.25) is 0 Å². The molecule has 0 aromatic heterocycles. The molecule has 0 bridgehead atoms. The van der Waals surface area contributed by atoms with Gasteiger partial charge in [-0.2, -0.15) is 0 Å². The molecule has 1 aromatic carbocycles. The summed E-state index contributed by atoms with van der Waals surface area (Å²) in [5, 5.41) is 6.65. The lowest BCUT2D eigenvalue weighted by Crippen LogP contribution is -2.38. The number of para-hydroxylation sites is 1. The van der Waals surface area contributed by atoms with Crippen LogP contribution in [0.5, 0.6) is 5.75 Å². The molecular formula is C19H33N3O3. The Balaban J connectivity index is 2.26. The quantitative estimate of drug-likeness (QED) is 0.324. The van der Waals surface area contributed by atoms with Crippen molar-refractivity contribution in [1.29, 1.82) is 0 Å². The summed E-state index contributed by atoms with van der Waals surface area (Å²) in [7, 11) is 3.39. The summed E-state index contributed by atoms with van der Waals surface area (Å²) in [6.45, 7) is 6.59. The molecule has 0 fully saturated rings. The van der Waals surface area contributed by atoms with Gasteiger partial charge < -0.3 is 24.8 Å². The maximum Gasteiger partial charge on any atom is 0.191 e. The Morgan fingerprint density at radius 1 is 1.04 bits per heavy atom. The van der Waals surface area contributed by atoms with Crippen molar-refractivity contribution >= 4 is 5.96 Å². The van der Waals surface area contributed by atoms with Gasteiger partial charge in [0.05, 0.1) is 20.3 Å². The highest BCUT2D eigenvalue weighted by Crippen LogP contribution is 2.17. The third-order valence-electron chi connectivity index (χ3n) is 3.62. The molecule has 25 heavy (non-hydrogen) atoms. The second-order valence-corrected chi connectivity index (χ2v) is 5.56. The Labute approximate surface area is 152 Å². The van der Waals surface area contributed by atoms with Crippen LogP contribution in [0.25, 0.3) is 0 Å². The molecule has 0 radical (unpaired) electrons. The van der Waals surface area contributed by atoms with E-state index in [1.165, 1.54) is 5.56 Å². The highest BCUT2D eigenvalue weighted by molar-refractivity contribution is 5.79. The zero-order valence-corrected chi connectivity index (χ0v) is 15.8. The molecule has 2 N–H and O–H groups in total. The predicted molar refractivity (Wildman–Crippen MR) is 103 cm³/mol. The van der Waals surface area contributed by atoms with Crippen molar-refractivity contribution < 1.29 is 14.2 Å². The van der Waals surface area contributed by atoms with Gasteiger partial charge in [-0.15, -0.1) is 0 Å². The van der Waals surface area contributed by atoms with Crippen LogP contribution in [0.1, 0.15) is 25.3 Å². The van der Waals surface area contributed by atoms with E-state index in [0.717, 1.165) is 57.2 Å². The molecule has 1 rings (SSSR count). The fraction of sp³-hybridized carbons (Fsp3) is 0.632. The average molecular weight is 351 g/mol. The van der Waals surface area contributed by atoms with E-state index in [4.69, 9.17) is 14.2 Å². The summed E-state index contributed by atoms with van der Waals surface area (Å²) < 4.78 is 15.8. The topological polar surface area (TPSA) is 64.1 Å². The van der Waals surface area contributed by atoms with Crippen LogP contribution in [0.4, 0.5) is 0 Å². The summed E-state index contributed by atoms with van der Waals surface area (Å²) in [4.78, 5) is 4.60. The monoisotopic (exact) mass is 351 g/mol. The van der Waals surface area contributed by atoms with Crippen molar-refractivity contribution in [3.63, 3.8) is 0 Å². The number of benzene rings is 1. The number of hydrogen-bond acceptors (Lipinski definition) is 4. The lowest BCUT2D eigenvalue weighted by molar-refractivity contribution is 0.0690. The zero-order valence-electron chi connectivity index (χ0n) is 15.8. The molecule has 0 saturated carbocycles. The zero-order chi connectivity index (χ0) is 18.2. The first-order valence-corrected chi connectivity index (χ1v) is 9.02. The standard InChI is InChI=1S/C19H33N3O3/c1-4-20-19(21-12-7-8-14-25-16-15-23-2)22-13-11-17-9-5-6-10-18(17)24-3/h5-6,9-10H,4,7-8,11-16H2,1-3H3,(H2,20,21,22). The van der Waals surface area contributed by atoms with Gasteiger partial charge in [0.25, 0.3) is 0 Å². The van der Waals surface area contributed by atoms with Crippen LogP contribution in [0, 0.1) is 0 Å². The lowest BCUT2D eigenvalue weighted by Gasteiger charge is -2.12. The Morgan fingerprint density at radius 2 is 1.88 bits per heavy atom. The van der Waals surface area contributed by atoms with Gasteiger partial charge in [-0.25, -0.2) is 0 Å². The molecular weight excluding hydrogens is 318 g/mol. The Kier molecular flexibility index (Phi) is 12.4. The number of rotatable bonds is 13. The van der Waals surface area contributed by atoms with Gasteiger partial charge in [0, 0.05) is 33.4 Å². The number of methoxy groups -OCH3 is 2. The molecule has 6 heteroatoms. The maximum absolute atomic E-state index is 5.45. The van der Waals surface area contributed by atoms with E-state index in [9.17, 15) is 0 Å². The number of hydrogen-bond donors (Lipinski definition) is 2. The van der Waals surface area contributed by atoms with Crippen molar-refractivity contribution in [3.05, 3.63) is 29.8 Å². The molecule has 0 spiro atoms. The smallest absolute Gasteiger partial charge is 0.191 e. The van der Waals surface area contributed by atoms with E-state index in [-0.39, 0.29) is 0 Å². The van der Waals surface area contributed by atoms with Crippen molar-refractivity contribution in [3.8, 4) is 5.75 Å². The van der Waals surface area contributed by atoms with Crippen LogP contribution in [0.15, 0.2) is 29.3 Å². The Hall–Kier alpha value is -1.79. The van der Waals surface area contributed by atoms with E-state index >= 15 is 0 Å². The third-order valence-corrected chi connectivity index (χ3v) is 3.62. The van der Waals surface area contributed by atoms with Gasteiger partial charge in [0.1, 0.15) is 5.75 Å². The van der Waals surface area contributed by atoms with Gasteiger partial charge in [0.2, 0.25) is 0 Å². The van der Waals surface area contributed by atoms with E-state index in [0.29, 0.717) is 13.2 Å².